The van der Waals surface area contributed by atoms with Crippen molar-refractivity contribution in [1.29, 1.82) is 0 Å². The summed E-state index contributed by atoms with van der Waals surface area (Å²) in [7, 11) is 2.01. The van der Waals surface area contributed by atoms with Crippen LogP contribution in [-0.2, 0) is 6.42 Å². The number of fused-ring (bicyclic) bond motifs is 1. The Morgan fingerprint density at radius 3 is 2.70 bits per heavy atom. The molecule has 0 fully saturated rings. The maximum absolute atomic E-state index is 4.80. The van der Waals surface area contributed by atoms with Crippen LogP contribution in [-0.4, -0.2) is 22.0 Å². The molecular formula is C16H20N4. The minimum atomic E-state index is 0.268. The average Bonchev–Trinajstić information content (AvgIpc) is 2.45. The summed E-state index contributed by atoms with van der Waals surface area (Å²) < 4.78 is 0. The van der Waals surface area contributed by atoms with Crippen molar-refractivity contribution in [3.63, 3.8) is 0 Å². The molecule has 2 heterocycles. The van der Waals surface area contributed by atoms with Crippen LogP contribution in [0.25, 0.3) is 11.4 Å². The molecule has 4 nitrogen and oxygen atoms in total. The third-order valence-electron chi connectivity index (χ3n) is 3.97. The van der Waals surface area contributed by atoms with Crippen LogP contribution in [0.2, 0.25) is 0 Å². The van der Waals surface area contributed by atoms with Crippen molar-refractivity contribution in [3.05, 3.63) is 42.0 Å². The van der Waals surface area contributed by atoms with Gasteiger partial charge < -0.3 is 5.32 Å². The lowest BCUT2D eigenvalue weighted by Gasteiger charge is -2.36. The van der Waals surface area contributed by atoms with Gasteiger partial charge in [0.1, 0.15) is 0 Å². The van der Waals surface area contributed by atoms with Crippen molar-refractivity contribution in [2.75, 3.05) is 7.05 Å². The van der Waals surface area contributed by atoms with E-state index in [0.717, 1.165) is 24.2 Å². The maximum atomic E-state index is 4.80. The molecule has 0 saturated carbocycles. The molecule has 0 radical (unpaired) electrons. The molecule has 2 aromatic heterocycles. The first-order valence-electron chi connectivity index (χ1n) is 7.02. The zero-order valence-corrected chi connectivity index (χ0v) is 12.2. The molecule has 0 saturated heterocycles. The van der Waals surface area contributed by atoms with Crippen LogP contribution in [0.5, 0.6) is 0 Å². The first kappa shape index (κ1) is 13.2. The van der Waals surface area contributed by atoms with Crippen molar-refractivity contribution in [1.82, 2.24) is 20.3 Å². The SMILES string of the molecule is CNC1CC(C)(C)Cc2nc(-c3ccncc3)ncc21. The molecular weight excluding hydrogens is 248 g/mol. The van der Waals surface area contributed by atoms with E-state index in [4.69, 9.17) is 4.98 Å². The molecule has 2 aromatic rings. The third-order valence-corrected chi connectivity index (χ3v) is 3.97. The Morgan fingerprint density at radius 2 is 2.00 bits per heavy atom. The third kappa shape index (κ3) is 2.43. The van der Waals surface area contributed by atoms with Gasteiger partial charge in [-0.2, -0.15) is 0 Å². The zero-order chi connectivity index (χ0) is 14.2. The molecule has 1 unspecified atom stereocenters. The van der Waals surface area contributed by atoms with Gasteiger partial charge in [0.25, 0.3) is 0 Å². The molecule has 104 valence electrons. The van der Waals surface area contributed by atoms with Crippen LogP contribution < -0.4 is 5.32 Å². The van der Waals surface area contributed by atoms with E-state index in [1.165, 1.54) is 11.3 Å². The Kier molecular flexibility index (Phi) is 3.26. The summed E-state index contributed by atoms with van der Waals surface area (Å²) in [6.45, 7) is 4.60. The van der Waals surface area contributed by atoms with E-state index < -0.39 is 0 Å². The Labute approximate surface area is 119 Å². The molecule has 0 spiro atoms. The van der Waals surface area contributed by atoms with Gasteiger partial charge in [0, 0.05) is 41.5 Å². The number of nitrogens with one attached hydrogen (secondary N) is 1. The molecule has 0 amide bonds. The number of rotatable bonds is 2. The van der Waals surface area contributed by atoms with Gasteiger partial charge in [-0.15, -0.1) is 0 Å². The van der Waals surface area contributed by atoms with Crippen LogP contribution in [0.15, 0.2) is 30.7 Å². The van der Waals surface area contributed by atoms with E-state index in [-0.39, 0.29) is 5.41 Å². The topological polar surface area (TPSA) is 50.7 Å². The molecule has 0 aliphatic heterocycles. The maximum Gasteiger partial charge on any atom is 0.159 e. The highest BCUT2D eigenvalue weighted by Crippen LogP contribution is 2.39. The first-order chi connectivity index (χ1) is 9.59. The van der Waals surface area contributed by atoms with Gasteiger partial charge in [0.05, 0.1) is 0 Å². The summed E-state index contributed by atoms with van der Waals surface area (Å²) in [6, 6.07) is 4.25. The molecule has 1 aliphatic carbocycles. The normalized spacial score (nSPS) is 20.4. The number of hydrogen-bond donors (Lipinski definition) is 1. The average molecular weight is 268 g/mol. The fourth-order valence-corrected chi connectivity index (χ4v) is 2.94. The largest absolute Gasteiger partial charge is 0.313 e. The van der Waals surface area contributed by atoms with Gasteiger partial charge in [0.2, 0.25) is 0 Å². The van der Waals surface area contributed by atoms with Crippen molar-refractivity contribution < 1.29 is 0 Å². The monoisotopic (exact) mass is 268 g/mol. The van der Waals surface area contributed by atoms with Crippen LogP contribution in [0, 0.1) is 5.41 Å². The highest BCUT2D eigenvalue weighted by atomic mass is 14.9. The Bertz CT molecular complexity index is 607. The molecule has 0 bridgehead atoms. The van der Waals surface area contributed by atoms with Crippen molar-refractivity contribution in [3.8, 4) is 11.4 Å². The number of pyridine rings is 1. The quantitative estimate of drug-likeness (QED) is 0.910. The van der Waals surface area contributed by atoms with E-state index in [2.05, 4.69) is 29.1 Å². The van der Waals surface area contributed by atoms with E-state index in [0.29, 0.717) is 6.04 Å². The van der Waals surface area contributed by atoms with Crippen molar-refractivity contribution >= 4 is 0 Å². The lowest BCUT2D eigenvalue weighted by Crippen LogP contribution is -2.32. The molecule has 1 atom stereocenters. The van der Waals surface area contributed by atoms with E-state index in [9.17, 15) is 0 Å². The number of hydrogen-bond acceptors (Lipinski definition) is 4. The molecule has 4 heteroatoms. The van der Waals surface area contributed by atoms with E-state index in [1.807, 2.05) is 25.4 Å². The van der Waals surface area contributed by atoms with Gasteiger partial charge in [0.15, 0.2) is 5.82 Å². The Balaban J connectivity index is 2.04. The van der Waals surface area contributed by atoms with Crippen LogP contribution in [0.3, 0.4) is 0 Å². The zero-order valence-electron chi connectivity index (χ0n) is 12.2. The van der Waals surface area contributed by atoms with Crippen LogP contribution in [0.1, 0.15) is 37.6 Å². The summed E-state index contributed by atoms with van der Waals surface area (Å²) in [5.41, 5.74) is 3.70. The lowest BCUT2D eigenvalue weighted by atomic mass is 9.74. The van der Waals surface area contributed by atoms with Crippen molar-refractivity contribution in [2.24, 2.45) is 5.41 Å². The van der Waals surface area contributed by atoms with Gasteiger partial charge in [-0.1, -0.05) is 13.8 Å². The predicted molar refractivity (Wildman–Crippen MR) is 79.2 cm³/mol. The van der Waals surface area contributed by atoms with E-state index in [1.54, 1.807) is 12.4 Å². The Morgan fingerprint density at radius 1 is 1.25 bits per heavy atom. The number of aromatic nitrogens is 3. The lowest BCUT2D eigenvalue weighted by molar-refractivity contribution is 0.260. The van der Waals surface area contributed by atoms with Crippen molar-refractivity contribution in [2.45, 2.75) is 32.7 Å². The smallest absolute Gasteiger partial charge is 0.159 e. The van der Waals surface area contributed by atoms with Gasteiger partial charge in [-0.3, -0.25) is 4.98 Å². The highest BCUT2D eigenvalue weighted by Gasteiger charge is 2.32. The van der Waals surface area contributed by atoms with Crippen LogP contribution in [0.4, 0.5) is 0 Å². The summed E-state index contributed by atoms with van der Waals surface area (Å²) in [5, 5.41) is 3.38. The second-order valence-electron chi connectivity index (χ2n) is 6.22. The highest BCUT2D eigenvalue weighted by molar-refractivity contribution is 5.54. The molecule has 20 heavy (non-hydrogen) atoms. The molecule has 1 aliphatic rings. The van der Waals surface area contributed by atoms with Gasteiger partial charge in [-0.25, -0.2) is 9.97 Å². The summed E-state index contributed by atoms with van der Waals surface area (Å²) in [6.07, 6.45) is 7.65. The molecule has 3 rings (SSSR count). The van der Waals surface area contributed by atoms with Crippen LogP contribution >= 0.6 is 0 Å². The summed E-state index contributed by atoms with van der Waals surface area (Å²) in [4.78, 5) is 13.4. The second-order valence-corrected chi connectivity index (χ2v) is 6.22. The van der Waals surface area contributed by atoms with E-state index >= 15 is 0 Å². The van der Waals surface area contributed by atoms with Gasteiger partial charge >= 0.3 is 0 Å². The minimum Gasteiger partial charge on any atom is -0.313 e. The standard InChI is InChI=1S/C16H20N4/c1-16(2)8-13(17-3)12-10-19-15(20-14(12)9-16)11-4-6-18-7-5-11/h4-7,10,13,17H,8-9H2,1-3H3. The second kappa shape index (κ2) is 4.94. The Hall–Kier alpha value is -1.81. The molecule has 0 aromatic carbocycles. The summed E-state index contributed by atoms with van der Waals surface area (Å²) in [5.74, 6) is 0.790. The predicted octanol–water partition coefficient (Wildman–Crippen LogP) is 2.77. The fraction of sp³-hybridized carbons (Fsp3) is 0.438. The fourth-order valence-electron chi connectivity index (χ4n) is 2.94. The minimum absolute atomic E-state index is 0.268. The number of nitrogens with zero attached hydrogens (tertiary/aromatic N) is 3. The summed E-state index contributed by atoms with van der Waals surface area (Å²) >= 11 is 0. The van der Waals surface area contributed by atoms with Gasteiger partial charge in [-0.05, 0) is 37.4 Å². The first-order valence-corrected chi connectivity index (χ1v) is 7.02. The molecule has 1 N–H and O–H groups in total.